The fourth-order valence-electron chi connectivity index (χ4n) is 2.26. The maximum atomic E-state index is 12.1. The zero-order valence-corrected chi connectivity index (χ0v) is 14.2. The topological polar surface area (TPSA) is 62.7 Å². The summed E-state index contributed by atoms with van der Waals surface area (Å²) in [7, 11) is 1.60. The van der Waals surface area contributed by atoms with Gasteiger partial charge in [0.25, 0.3) is 5.91 Å². The van der Waals surface area contributed by atoms with Crippen molar-refractivity contribution in [3.05, 3.63) is 60.2 Å². The van der Waals surface area contributed by atoms with Crippen molar-refractivity contribution in [2.45, 2.75) is 13.8 Å². The summed E-state index contributed by atoms with van der Waals surface area (Å²) in [5, 5.41) is 7.34. The predicted molar refractivity (Wildman–Crippen MR) is 97.4 cm³/mol. The van der Waals surface area contributed by atoms with Crippen molar-refractivity contribution in [3.8, 4) is 5.75 Å². The van der Waals surface area contributed by atoms with E-state index < -0.39 is 0 Å². The molecule has 1 amide bonds. The van der Waals surface area contributed by atoms with Crippen LogP contribution in [0.5, 0.6) is 5.75 Å². The van der Waals surface area contributed by atoms with Gasteiger partial charge in [0.1, 0.15) is 5.75 Å². The molecule has 0 aliphatic rings. The van der Waals surface area contributed by atoms with Gasteiger partial charge in [0, 0.05) is 0 Å². The highest BCUT2D eigenvalue weighted by Gasteiger charge is 2.09. The third kappa shape index (κ3) is 4.84. The van der Waals surface area contributed by atoms with Gasteiger partial charge in [0.15, 0.2) is 0 Å². The highest BCUT2D eigenvalue weighted by Crippen LogP contribution is 2.22. The number of nitrogens with zero attached hydrogens (tertiary/aromatic N) is 1. The summed E-state index contributed by atoms with van der Waals surface area (Å²) in [5.41, 5.74) is 5.24. The number of amides is 1. The maximum absolute atomic E-state index is 12.1. The standard InChI is InChI=1S/C19H23N3O2/c1-14(2)19(15-9-5-4-6-10-15)22-21-18(23)13-20-16-11-7-8-12-17(16)24-3/h4-12,14,20H,13H2,1-3H3,(H,21,23)/b22-19-. The molecule has 0 saturated carbocycles. The van der Waals surface area contributed by atoms with Gasteiger partial charge in [-0.3, -0.25) is 4.79 Å². The summed E-state index contributed by atoms with van der Waals surface area (Å²) >= 11 is 0. The minimum absolute atomic E-state index is 0.115. The van der Waals surface area contributed by atoms with E-state index in [0.717, 1.165) is 17.0 Å². The molecule has 5 nitrogen and oxygen atoms in total. The first-order chi connectivity index (χ1) is 11.6. The number of hydrazone groups is 1. The van der Waals surface area contributed by atoms with E-state index in [1.165, 1.54) is 0 Å². The van der Waals surface area contributed by atoms with Crippen LogP contribution in [0.25, 0.3) is 0 Å². The normalized spacial score (nSPS) is 11.2. The Hall–Kier alpha value is -2.82. The SMILES string of the molecule is COc1ccccc1NCC(=O)N/N=C(\c1ccccc1)C(C)C. The van der Waals surface area contributed by atoms with E-state index in [9.17, 15) is 4.79 Å². The lowest BCUT2D eigenvalue weighted by molar-refractivity contribution is -0.119. The average Bonchev–Trinajstić information content (AvgIpc) is 2.61. The molecule has 2 aromatic carbocycles. The Bertz CT molecular complexity index is 697. The molecule has 0 saturated heterocycles. The van der Waals surface area contributed by atoms with Crippen LogP contribution in [-0.4, -0.2) is 25.3 Å². The van der Waals surface area contributed by atoms with Gasteiger partial charge in [-0.15, -0.1) is 0 Å². The summed E-state index contributed by atoms with van der Waals surface area (Å²) in [4.78, 5) is 12.1. The number of rotatable bonds is 7. The summed E-state index contributed by atoms with van der Waals surface area (Å²) < 4.78 is 5.24. The molecule has 24 heavy (non-hydrogen) atoms. The van der Waals surface area contributed by atoms with Gasteiger partial charge in [-0.25, -0.2) is 5.43 Å². The molecule has 2 rings (SSSR count). The number of carbonyl (C=O) groups is 1. The molecule has 0 aliphatic heterocycles. The minimum Gasteiger partial charge on any atom is -0.495 e. The minimum atomic E-state index is -0.213. The monoisotopic (exact) mass is 325 g/mol. The molecule has 0 unspecified atom stereocenters. The van der Waals surface area contributed by atoms with Crippen molar-refractivity contribution in [1.29, 1.82) is 0 Å². The fraction of sp³-hybridized carbons (Fsp3) is 0.263. The Labute approximate surface area is 142 Å². The van der Waals surface area contributed by atoms with Gasteiger partial charge >= 0.3 is 0 Å². The first kappa shape index (κ1) is 17.5. The number of carbonyl (C=O) groups excluding carboxylic acids is 1. The molecule has 5 heteroatoms. The largest absolute Gasteiger partial charge is 0.495 e. The lowest BCUT2D eigenvalue weighted by Crippen LogP contribution is -2.28. The van der Waals surface area contributed by atoms with Crippen molar-refractivity contribution in [3.63, 3.8) is 0 Å². The van der Waals surface area contributed by atoms with Crippen molar-refractivity contribution < 1.29 is 9.53 Å². The van der Waals surface area contributed by atoms with Crippen LogP contribution in [0.4, 0.5) is 5.69 Å². The molecular formula is C19H23N3O2. The van der Waals surface area contributed by atoms with Gasteiger partial charge in [-0.2, -0.15) is 5.10 Å². The number of hydrogen-bond acceptors (Lipinski definition) is 4. The van der Waals surface area contributed by atoms with Gasteiger partial charge < -0.3 is 10.1 Å². The number of ether oxygens (including phenoxy) is 1. The predicted octanol–water partition coefficient (Wildman–Crippen LogP) is 3.28. The number of para-hydroxylation sites is 2. The van der Waals surface area contributed by atoms with Gasteiger partial charge in [0.2, 0.25) is 0 Å². The Kier molecular flexibility index (Phi) is 6.37. The zero-order chi connectivity index (χ0) is 17.4. The number of benzene rings is 2. The summed E-state index contributed by atoms with van der Waals surface area (Å²) in [6.07, 6.45) is 0. The van der Waals surface area contributed by atoms with Crippen LogP contribution >= 0.6 is 0 Å². The molecule has 2 N–H and O–H groups in total. The second-order valence-corrected chi connectivity index (χ2v) is 5.61. The number of hydrogen-bond donors (Lipinski definition) is 2. The van der Waals surface area contributed by atoms with Crippen LogP contribution in [0.2, 0.25) is 0 Å². The van der Waals surface area contributed by atoms with E-state index in [1.54, 1.807) is 7.11 Å². The molecule has 0 radical (unpaired) electrons. The molecule has 0 bridgehead atoms. The molecular weight excluding hydrogens is 302 g/mol. The third-order valence-corrected chi connectivity index (χ3v) is 3.46. The third-order valence-electron chi connectivity index (χ3n) is 3.46. The Morgan fingerprint density at radius 3 is 2.42 bits per heavy atom. The van der Waals surface area contributed by atoms with E-state index in [-0.39, 0.29) is 18.4 Å². The van der Waals surface area contributed by atoms with Crippen LogP contribution < -0.4 is 15.5 Å². The van der Waals surface area contributed by atoms with E-state index in [0.29, 0.717) is 5.75 Å². The average molecular weight is 325 g/mol. The van der Waals surface area contributed by atoms with E-state index in [1.807, 2.05) is 68.4 Å². The van der Waals surface area contributed by atoms with E-state index in [4.69, 9.17) is 4.74 Å². The van der Waals surface area contributed by atoms with Crippen molar-refractivity contribution in [2.75, 3.05) is 19.0 Å². The fourth-order valence-corrected chi connectivity index (χ4v) is 2.26. The lowest BCUT2D eigenvalue weighted by Gasteiger charge is -2.12. The first-order valence-electron chi connectivity index (χ1n) is 7.90. The molecule has 2 aromatic rings. The number of methoxy groups -OCH3 is 1. The number of nitrogens with one attached hydrogen (secondary N) is 2. The lowest BCUT2D eigenvalue weighted by atomic mass is 10.0. The van der Waals surface area contributed by atoms with E-state index in [2.05, 4.69) is 15.8 Å². The van der Waals surface area contributed by atoms with Crippen LogP contribution in [0, 0.1) is 5.92 Å². The molecule has 0 aromatic heterocycles. The van der Waals surface area contributed by atoms with Crippen molar-refractivity contribution in [1.82, 2.24) is 5.43 Å². The molecule has 0 atom stereocenters. The first-order valence-corrected chi connectivity index (χ1v) is 7.90. The Morgan fingerprint density at radius 2 is 1.75 bits per heavy atom. The Morgan fingerprint density at radius 1 is 1.08 bits per heavy atom. The van der Waals surface area contributed by atoms with Crippen LogP contribution in [-0.2, 0) is 4.79 Å². The van der Waals surface area contributed by atoms with Crippen LogP contribution in [0.3, 0.4) is 0 Å². The van der Waals surface area contributed by atoms with Crippen molar-refractivity contribution in [2.24, 2.45) is 11.0 Å². The maximum Gasteiger partial charge on any atom is 0.259 e. The summed E-state index contributed by atoms with van der Waals surface area (Å²) in [5.74, 6) is 0.686. The summed E-state index contributed by atoms with van der Waals surface area (Å²) in [6, 6.07) is 17.3. The highest BCUT2D eigenvalue weighted by atomic mass is 16.5. The van der Waals surface area contributed by atoms with Crippen LogP contribution in [0.15, 0.2) is 59.7 Å². The van der Waals surface area contributed by atoms with Gasteiger partial charge in [-0.1, -0.05) is 56.3 Å². The quantitative estimate of drug-likeness (QED) is 0.606. The zero-order valence-electron chi connectivity index (χ0n) is 14.2. The molecule has 0 fully saturated rings. The van der Waals surface area contributed by atoms with E-state index >= 15 is 0 Å². The van der Waals surface area contributed by atoms with Gasteiger partial charge in [0.05, 0.1) is 25.1 Å². The Balaban J connectivity index is 1.98. The summed E-state index contributed by atoms with van der Waals surface area (Å²) in [6.45, 7) is 4.21. The molecule has 0 heterocycles. The molecule has 0 aliphatic carbocycles. The second kappa shape index (κ2) is 8.72. The smallest absolute Gasteiger partial charge is 0.259 e. The van der Waals surface area contributed by atoms with Crippen LogP contribution in [0.1, 0.15) is 19.4 Å². The molecule has 126 valence electrons. The molecule has 0 spiro atoms. The van der Waals surface area contributed by atoms with Gasteiger partial charge in [-0.05, 0) is 23.6 Å². The highest BCUT2D eigenvalue weighted by molar-refractivity contribution is 6.02. The second-order valence-electron chi connectivity index (χ2n) is 5.61. The van der Waals surface area contributed by atoms with Crippen molar-refractivity contribution >= 4 is 17.3 Å². The number of anilines is 1.